The molecule has 0 radical (unpaired) electrons. The van der Waals surface area contributed by atoms with Gasteiger partial charge in [-0.25, -0.2) is 4.79 Å². The fraction of sp³-hybridized carbons (Fsp3) is 0.818. The van der Waals surface area contributed by atoms with Crippen molar-refractivity contribution in [3.05, 3.63) is 0 Å². The average molecular weight is 274 g/mol. The number of carbonyl (C=O) groups is 2. The molecule has 2 heterocycles. The molecule has 0 aromatic rings. The summed E-state index contributed by atoms with van der Waals surface area (Å²) < 4.78 is 4.56. The predicted octanol–water partition coefficient (Wildman–Crippen LogP) is 0.205. The summed E-state index contributed by atoms with van der Waals surface area (Å²) in [5.41, 5.74) is -1.13. The lowest BCUT2D eigenvalue weighted by Gasteiger charge is -2.27. The molecule has 2 aliphatic heterocycles. The van der Waals surface area contributed by atoms with E-state index in [1.165, 1.54) is 7.11 Å². The molecule has 2 amide bonds. The Hall–Kier alpha value is -0.950. The van der Waals surface area contributed by atoms with Crippen LogP contribution in [0.1, 0.15) is 25.7 Å². The molecule has 2 fully saturated rings. The Morgan fingerprint density at radius 1 is 1.61 bits per heavy atom. The number of rotatable bonds is 5. The van der Waals surface area contributed by atoms with Crippen molar-refractivity contribution in [1.29, 1.82) is 0 Å². The number of carbonyl (C=O) groups excluding carboxylic acids is 2. The van der Waals surface area contributed by atoms with E-state index >= 15 is 0 Å². The summed E-state index contributed by atoms with van der Waals surface area (Å²) in [4.78, 5) is 22.2. The molecule has 2 saturated heterocycles. The second-order valence-corrected chi connectivity index (χ2v) is 5.86. The molecular weight excluding hydrogens is 256 g/mol. The van der Waals surface area contributed by atoms with Crippen molar-refractivity contribution in [2.24, 2.45) is 0 Å². The van der Waals surface area contributed by atoms with E-state index in [-0.39, 0.29) is 23.3 Å². The van der Waals surface area contributed by atoms with Gasteiger partial charge in [-0.05, 0) is 12.8 Å². The van der Waals surface area contributed by atoms with Gasteiger partial charge in [-0.1, -0.05) is 6.42 Å². The van der Waals surface area contributed by atoms with Crippen LogP contribution >= 0.6 is 11.8 Å². The number of thioether (sulfide) groups is 1. The van der Waals surface area contributed by atoms with Gasteiger partial charge < -0.3 is 20.5 Å². The first kappa shape index (κ1) is 13.5. The molecule has 3 atom stereocenters. The molecular formula is C11H18N2O4S. The lowest BCUT2D eigenvalue weighted by atomic mass is 9.99. The third kappa shape index (κ3) is 2.56. The summed E-state index contributed by atoms with van der Waals surface area (Å²) in [6.07, 6.45) is 2.75. The number of aliphatic hydroxyl groups is 1. The highest BCUT2D eigenvalue weighted by atomic mass is 32.2. The zero-order valence-electron chi connectivity index (χ0n) is 10.3. The Bertz CT molecular complexity index is 352. The Kier molecular flexibility index (Phi) is 4.01. The smallest absolute Gasteiger partial charge is 0.317 e. The molecule has 2 rings (SSSR count). The topological polar surface area (TPSA) is 87.7 Å². The third-order valence-electron chi connectivity index (χ3n) is 3.43. The Labute approximate surface area is 110 Å². The van der Waals surface area contributed by atoms with Gasteiger partial charge in [0, 0.05) is 12.2 Å². The summed E-state index contributed by atoms with van der Waals surface area (Å²) in [6, 6.07) is -0.511. The Morgan fingerprint density at radius 2 is 2.39 bits per heavy atom. The van der Waals surface area contributed by atoms with Crippen LogP contribution in [-0.2, 0) is 9.53 Å². The number of fused-ring (bicyclic) bond motifs is 1. The van der Waals surface area contributed by atoms with E-state index in [2.05, 4.69) is 15.4 Å². The van der Waals surface area contributed by atoms with E-state index in [1.807, 2.05) is 0 Å². The van der Waals surface area contributed by atoms with Gasteiger partial charge in [0.2, 0.25) is 0 Å². The molecule has 102 valence electrons. The van der Waals surface area contributed by atoms with Crippen molar-refractivity contribution >= 4 is 23.8 Å². The minimum Gasteiger partial charge on any atom is -0.469 e. The second kappa shape index (κ2) is 5.36. The molecule has 18 heavy (non-hydrogen) atoms. The fourth-order valence-corrected chi connectivity index (χ4v) is 3.96. The van der Waals surface area contributed by atoms with Gasteiger partial charge in [-0.2, -0.15) is 11.8 Å². The molecule has 0 aromatic heterocycles. The standard InChI is InChI=1S/C11H18N2O4S/c1-17-9(14)5-3-2-4-8-11(16)7(6-18-8)12-10(15)13-11/h7-8,16H,2-6H2,1H3,(H2,12,13,15)/t7-,8-,11-/m1/s1. The van der Waals surface area contributed by atoms with Crippen LogP contribution in [0.3, 0.4) is 0 Å². The zero-order valence-corrected chi connectivity index (χ0v) is 11.1. The van der Waals surface area contributed by atoms with Crippen molar-refractivity contribution in [3.8, 4) is 0 Å². The molecule has 0 spiro atoms. The van der Waals surface area contributed by atoms with Crippen molar-refractivity contribution in [1.82, 2.24) is 10.6 Å². The summed E-state index contributed by atoms with van der Waals surface area (Å²) in [5, 5.41) is 15.7. The summed E-state index contributed by atoms with van der Waals surface area (Å²) in [7, 11) is 1.38. The van der Waals surface area contributed by atoms with Gasteiger partial charge in [0.1, 0.15) is 0 Å². The largest absolute Gasteiger partial charge is 0.469 e. The summed E-state index contributed by atoms with van der Waals surface area (Å²) >= 11 is 1.66. The van der Waals surface area contributed by atoms with Crippen LogP contribution in [-0.4, -0.2) is 47.0 Å². The van der Waals surface area contributed by atoms with Gasteiger partial charge in [0.25, 0.3) is 0 Å². The van der Waals surface area contributed by atoms with Crippen molar-refractivity contribution in [3.63, 3.8) is 0 Å². The Morgan fingerprint density at radius 3 is 3.11 bits per heavy atom. The molecule has 0 saturated carbocycles. The van der Waals surface area contributed by atoms with Gasteiger partial charge in [0.05, 0.1) is 18.4 Å². The lowest BCUT2D eigenvalue weighted by molar-refractivity contribution is -0.140. The highest BCUT2D eigenvalue weighted by molar-refractivity contribution is 8.00. The molecule has 2 aliphatic rings. The van der Waals surface area contributed by atoms with Gasteiger partial charge in [-0.3, -0.25) is 4.79 Å². The van der Waals surface area contributed by atoms with Gasteiger partial charge in [0.15, 0.2) is 5.72 Å². The molecule has 3 N–H and O–H groups in total. The second-order valence-electron chi connectivity index (χ2n) is 4.62. The number of urea groups is 1. The highest BCUT2D eigenvalue weighted by Crippen LogP contribution is 2.39. The molecule has 0 unspecified atom stereocenters. The SMILES string of the molecule is COC(=O)CCCC[C@H]1SC[C@H]2NC(=O)N[C@@]21O. The maximum Gasteiger partial charge on any atom is 0.317 e. The molecule has 6 nitrogen and oxygen atoms in total. The number of unbranched alkanes of at least 4 members (excludes halogenated alkanes) is 1. The van der Waals surface area contributed by atoms with Crippen molar-refractivity contribution < 1.29 is 19.4 Å². The molecule has 7 heteroatoms. The first-order chi connectivity index (χ1) is 8.56. The number of nitrogens with one attached hydrogen (secondary N) is 2. The maximum atomic E-state index is 11.2. The van der Waals surface area contributed by atoms with Gasteiger partial charge in [-0.15, -0.1) is 0 Å². The van der Waals surface area contributed by atoms with Crippen LogP contribution in [0.15, 0.2) is 0 Å². The zero-order chi connectivity index (χ0) is 13.2. The van der Waals surface area contributed by atoms with Crippen LogP contribution in [0, 0.1) is 0 Å². The molecule has 0 aliphatic carbocycles. The first-order valence-electron chi connectivity index (χ1n) is 6.05. The Balaban J connectivity index is 1.77. The number of amides is 2. The van der Waals surface area contributed by atoms with E-state index in [0.717, 1.165) is 25.0 Å². The van der Waals surface area contributed by atoms with Crippen LogP contribution in [0.4, 0.5) is 4.79 Å². The quantitative estimate of drug-likeness (QED) is 0.379. The first-order valence-corrected chi connectivity index (χ1v) is 7.10. The number of ether oxygens (including phenoxy) is 1. The van der Waals surface area contributed by atoms with E-state index in [1.54, 1.807) is 11.8 Å². The lowest BCUT2D eigenvalue weighted by Crippen LogP contribution is -2.53. The van der Waals surface area contributed by atoms with Crippen LogP contribution in [0.5, 0.6) is 0 Å². The maximum absolute atomic E-state index is 11.2. The number of hydrogen-bond donors (Lipinski definition) is 3. The highest BCUT2D eigenvalue weighted by Gasteiger charge is 2.55. The average Bonchev–Trinajstić information content (AvgIpc) is 2.77. The van der Waals surface area contributed by atoms with E-state index in [4.69, 9.17) is 0 Å². The van der Waals surface area contributed by atoms with Gasteiger partial charge >= 0.3 is 12.0 Å². The van der Waals surface area contributed by atoms with Crippen LogP contribution < -0.4 is 10.6 Å². The molecule has 0 aromatic carbocycles. The van der Waals surface area contributed by atoms with E-state index in [0.29, 0.717) is 6.42 Å². The third-order valence-corrected chi connectivity index (χ3v) is 4.95. The summed E-state index contributed by atoms with van der Waals surface area (Å²) in [5.74, 6) is 0.512. The number of esters is 1. The minimum atomic E-state index is -1.13. The van der Waals surface area contributed by atoms with E-state index in [9.17, 15) is 14.7 Å². The number of methoxy groups -OCH3 is 1. The van der Waals surface area contributed by atoms with Crippen molar-refractivity contribution in [2.45, 2.75) is 42.7 Å². The monoisotopic (exact) mass is 274 g/mol. The van der Waals surface area contributed by atoms with Crippen LogP contribution in [0.25, 0.3) is 0 Å². The summed E-state index contributed by atoms with van der Waals surface area (Å²) in [6.45, 7) is 0. The molecule has 0 bridgehead atoms. The van der Waals surface area contributed by atoms with Crippen molar-refractivity contribution in [2.75, 3.05) is 12.9 Å². The minimum absolute atomic E-state index is 0.0147. The van der Waals surface area contributed by atoms with Crippen LogP contribution in [0.2, 0.25) is 0 Å². The normalized spacial score (nSPS) is 33.8. The van der Waals surface area contributed by atoms with E-state index < -0.39 is 5.72 Å². The predicted molar refractivity (Wildman–Crippen MR) is 67.1 cm³/mol. The fourth-order valence-electron chi connectivity index (χ4n) is 2.39. The number of hydrogen-bond acceptors (Lipinski definition) is 5.